The van der Waals surface area contributed by atoms with Crippen molar-refractivity contribution in [3.8, 4) is 0 Å². The minimum absolute atomic E-state index is 0.237. The van der Waals surface area contributed by atoms with Gasteiger partial charge in [0.05, 0.1) is 25.5 Å². The van der Waals surface area contributed by atoms with Gasteiger partial charge in [-0.05, 0) is 24.1 Å². The third-order valence-electron chi connectivity index (χ3n) is 6.52. The van der Waals surface area contributed by atoms with Crippen LogP contribution in [-0.2, 0) is 28.9 Å². The number of aromatic nitrogens is 2. The molecule has 0 unspecified atom stereocenters. The molecule has 0 bridgehead atoms. The van der Waals surface area contributed by atoms with Crippen molar-refractivity contribution < 1.29 is 13.9 Å². The fourth-order valence-electron chi connectivity index (χ4n) is 4.60. The van der Waals surface area contributed by atoms with Crippen molar-refractivity contribution in [3.05, 3.63) is 52.7 Å². The Morgan fingerprint density at radius 2 is 1.79 bits per heavy atom. The van der Waals surface area contributed by atoms with Crippen LogP contribution in [0.25, 0.3) is 0 Å². The lowest BCUT2D eigenvalue weighted by molar-refractivity contribution is -0.132. The van der Waals surface area contributed by atoms with Crippen LogP contribution in [0.2, 0.25) is 0 Å². The number of carbonyl (C=O) groups is 1. The van der Waals surface area contributed by atoms with Crippen molar-refractivity contribution >= 4 is 11.7 Å². The van der Waals surface area contributed by atoms with E-state index in [4.69, 9.17) is 14.7 Å². The van der Waals surface area contributed by atoms with Crippen molar-refractivity contribution in [2.75, 3.05) is 37.7 Å². The van der Waals surface area contributed by atoms with Crippen LogP contribution >= 0.6 is 0 Å². The Labute approximate surface area is 196 Å². The monoisotopic (exact) mass is 454 g/mol. The molecule has 178 valence electrons. The van der Waals surface area contributed by atoms with Gasteiger partial charge in [-0.15, -0.1) is 0 Å². The van der Waals surface area contributed by atoms with Gasteiger partial charge < -0.3 is 14.5 Å². The first kappa shape index (κ1) is 23.6. The zero-order valence-electron chi connectivity index (χ0n) is 19.7. The molecule has 4 rings (SSSR count). The van der Waals surface area contributed by atoms with E-state index in [1.54, 1.807) is 12.1 Å². The number of amides is 1. The van der Waals surface area contributed by atoms with Gasteiger partial charge in [0.2, 0.25) is 5.91 Å². The minimum atomic E-state index is -0.241. The quantitative estimate of drug-likeness (QED) is 0.529. The first-order valence-corrected chi connectivity index (χ1v) is 12.4. The number of unbranched alkanes of at least 4 members (excludes halogenated alkanes) is 4. The zero-order chi connectivity index (χ0) is 23.0. The predicted octanol–water partition coefficient (Wildman–Crippen LogP) is 4.29. The number of hydrogen-bond donors (Lipinski definition) is 0. The Bertz CT molecular complexity index is 929. The summed E-state index contributed by atoms with van der Waals surface area (Å²) in [4.78, 5) is 26.9. The molecule has 2 aromatic rings. The standard InChI is InChI=1S/C26H35FN4O2/c1-2-3-4-5-6-7-25(32)31-13-12-23-22(19-31)26(30-14-16-33-17-15-30)29-24(28-23)18-20-8-10-21(27)11-9-20/h8-11H,2-7,12-19H2,1H3. The molecule has 0 aliphatic carbocycles. The van der Waals surface area contributed by atoms with Gasteiger partial charge >= 0.3 is 0 Å². The second-order valence-corrected chi connectivity index (χ2v) is 9.02. The fraction of sp³-hybridized carbons (Fsp3) is 0.577. The summed E-state index contributed by atoms with van der Waals surface area (Å²) in [6, 6.07) is 6.52. The number of morpholine rings is 1. The Kier molecular flexibility index (Phi) is 8.26. The van der Waals surface area contributed by atoms with Crippen LogP contribution in [0.3, 0.4) is 0 Å². The Morgan fingerprint density at radius 3 is 2.55 bits per heavy atom. The lowest BCUT2D eigenvalue weighted by Gasteiger charge is -2.34. The van der Waals surface area contributed by atoms with Crippen molar-refractivity contribution in [2.24, 2.45) is 0 Å². The molecule has 2 aliphatic heterocycles. The molecular formula is C26H35FN4O2. The van der Waals surface area contributed by atoms with Crippen LogP contribution in [0.15, 0.2) is 24.3 Å². The van der Waals surface area contributed by atoms with Crippen molar-refractivity contribution in [1.82, 2.24) is 14.9 Å². The number of ether oxygens (including phenoxy) is 1. The average Bonchev–Trinajstić information content (AvgIpc) is 2.85. The van der Waals surface area contributed by atoms with Crippen LogP contribution in [0, 0.1) is 5.82 Å². The lowest BCUT2D eigenvalue weighted by Crippen LogP contribution is -2.41. The molecule has 1 aromatic carbocycles. The van der Waals surface area contributed by atoms with E-state index in [0.29, 0.717) is 39.1 Å². The van der Waals surface area contributed by atoms with Gasteiger partial charge in [-0.2, -0.15) is 0 Å². The van der Waals surface area contributed by atoms with E-state index < -0.39 is 0 Å². The van der Waals surface area contributed by atoms with E-state index in [2.05, 4.69) is 11.8 Å². The van der Waals surface area contributed by atoms with E-state index in [1.807, 2.05) is 4.90 Å². The maximum atomic E-state index is 13.3. The number of hydrogen-bond acceptors (Lipinski definition) is 5. The second-order valence-electron chi connectivity index (χ2n) is 9.02. The van der Waals surface area contributed by atoms with E-state index in [0.717, 1.165) is 60.8 Å². The summed E-state index contributed by atoms with van der Waals surface area (Å²) in [5, 5.41) is 0. The van der Waals surface area contributed by atoms with Gasteiger partial charge in [-0.1, -0.05) is 44.7 Å². The van der Waals surface area contributed by atoms with Crippen LogP contribution in [-0.4, -0.2) is 53.6 Å². The number of nitrogens with zero attached hydrogens (tertiary/aromatic N) is 4. The van der Waals surface area contributed by atoms with Crippen LogP contribution in [0.5, 0.6) is 0 Å². The van der Waals surface area contributed by atoms with Gasteiger partial charge in [0.1, 0.15) is 17.5 Å². The average molecular weight is 455 g/mol. The molecule has 33 heavy (non-hydrogen) atoms. The second kappa shape index (κ2) is 11.5. The Morgan fingerprint density at radius 1 is 1.03 bits per heavy atom. The molecule has 1 saturated heterocycles. The summed E-state index contributed by atoms with van der Waals surface area (Å²) in [6.45, 7) is 6.40. The number of fused-ring (bicyclic) bond motifs is 1. The largest absolute Gasteiger partial charge is 0.378 e. The number of rotatable bonds is 9. The SMILES string of the molecule is CCCCCCCC(=O)N1CCc2nc(Cc3ccc(F)cc3)nc(N3CCOCC3)c2C1. The molecule has 1 amide bonds. The van der Waals surface area contributed by atoms with Gasteiger partial charge in [-0.3, -0.25) is 4.79 Å². The first-order valence-electron chi connectivity index (χ1n) is 12.4. The lowest BCUT2D eigenvalue weighted by atomic mass is 10.0. The van der Waals surface area contributed by atoms with Crippen molar-refractivity contribution in [1.29, 1.82) is 0 Å². The third-order valence-corrected chi connectivity index (χ3v) is 6.52. The normalized spacial score (nSPS) is 16.1. The number of anilines is 1. The first-order chi connectivity index (χ1) is 16.1. The van der Waals surface area contributed by atoms with Crippen LogP contribution in [0.1, 0.15) is 68.1 Å². The summed E-state index contributed by atoms with van der Waals surface area (Å²) < 4.78 is 18.9. The molecule has 1 fully saturated rings. The molecule has 7 heteroatoms. The molecule has 0 atom stereocenters. The molecular weight excluding hydrogens is 419 g/mol. The topological polar surface area (TPSA) is 58.6 Å². The highest BCUT2D eigenvalue weighted by atomic mass is 19.1. The number of carbonyl (C=O) groups excluding carboxylic acids is 1. The maximum absolute atomic E-state index is 13.3. The van der Waals surface area contributed by atoms with E-state index in [-0.39, 0.29) is 11.7 Å². The highest BCUT2D eigenvalue weighted by molar-refractivity contribution is 5.76. The van der Waals surface area contributed by atoms with Crippen molar-refractivity contribution in [2.45, 2.75) is 64.8 Å². The molecule has 0 N–H and O–H groups in total. The van der Waals surface area contributed by atoms with E-state index in [9.17, 15) is 9.18 Å². The summed E-state index contributed by atoms with van der Waals surface area (Å²) in [5.74, 6) is 1.67. The molecule has 0 spiro atoms. The van der Waals surface area contributed by atoms with Gasteiger partial charge in [0.15, 0.2) is 0 Å². The fourth-order valence-corrected chi connectivity index (χ4v) is 4.60. The van der Waals surface area contributed by atoms with Gasteiger partial charge in [0, 0.05) is 44.5 Å². The molecule has 0 radical (unpaired) electrons. The van der Waals surface area contributed by atoms with Crippen molar-refractivity contribution in [3.63, 3.8) is 0 Å². The summed E-state index contributed by atoms with van der Waals surface area (Å²) in [7, 11) is 0. The molecule has 0 saturated carbocycles. The third kappa shape index (κ3) is 6.28. The molecule has 2 aliphatic rings. The van der Waals surface area contributed by atoms with E-state index >= 15 is 0 Å². The smallest absolute Gasteiger partial charge is 0.222 e. The minimum Gasteiger partial charge on any atom is -0.378 e. The molecule has 6 nitrogen and oxygen atoms in total. The maximum Gasteiger partial charge on any atom is 0.222 e. The van der Waals surface area contributed by atoms with Gasteiger partial charge in [0.25, 0.3) is 0 Å². The summed E-state index contributed by atoms with van der Waals surface area (Å²) in [6.07, 6.45) is 7.67. The van der Waals surface area contributed by atoms with Gasteiger partial charge in [-0.25, -0.2) is 14.4 Å². The number of benzene rings is 1. The summed E-state index contributed by atoms with van der Waals surface area (Å²) in [5.41, 5.74) is 3.10. The zero-order valence-corrected chi connectivity index (χ0v) is 19.7. The van der Waals surface area contributed by atoms with Crippen LogP contribution in [0.4, 0.5) is 10.2 Å². The highest BCUT2D eigenvalue weighted by Gasteiger charge is 2.28. The Balaban J connectivity index is 1.51. The van der Waals surface area contributed by atoms with Crippen LogP contribution < -0.4 is 4.90 Å². The number of halogens is 1. The highest BCUT2D eigenvalue weighted by Crippen LogP contribution is 2.28. The predicted molar refractivity (Wildman–Crippen MR) is 127 cm³/mol. The summed E-state index contributed by atoms with van der Waals surface area (Å²) >= 11 is 0. The molecule has 1 aromatic heterocycles. The Hall–Kier alpha value is -2.54. The van der Waals surface area contributed by atoms with E-state index in [1.165, 1.54) is 31.4 Å². The molecule has 3 heterocycles.